The highest BCUT2D eigenvalue weighted by atomic mass is 16.4. The van der Waals surface area contributed by atoms with Gasteiger partial charge in [0.15, 0.2) is 0 Å². The van der Waals surface area contributed by atoms with E-state index in [2.05, 4.69) is 0 Å². The molecule has 0 unspecified atom stereocenters. The smallest absolute Gasteiger partial charge is 0.337 e. The van der Waals surface area contributed by atoms with E-state index in [0.717, 1.165) is 36.8 Å². The first-order valence-corrected chi connectivity index (χ1v) is 7.11. The summed E-state index contributed by atoms with van der Waals surface area (Å²) in [6.45, 7) is 0.742. The van der Waals surface area contributed by atoms with Gasteiger partial charge in [-0.2, -0.15) is 0 Å². The zero-order chi connectivity index (χ0) is 15.1. The van der Waals surface area contributed by atoms with E-state index in [0.29, 0.717) is 11.2 Å². The number of benzene rings is 1. The lowest BCUT2D eigenvalue weighted by Crippen LogP contribution is -2.31. The van der Waals surface area contributed by atoms with Crippen molar-refractivity contribution in [2.75, 3.05) is 13.6 Å². The molecule has 0 saturated heterocycles. The largest absolute Gasteiger partial charge is 0.478 e. The molecular formula is C16H18N2O3. The van der Waals surface area contributed by atoms with Gasteiger partial charge in [-0.1, -0.05) is 12.1 Å². The minimum absolute atomic E-state index is 0.0280. The number of carboxylic acid groups (broad SMARTS) is 1. The molecule has 1 aliphatic heterocycles. The van der Waals surface area contributed by atoms with Crippen LogP contribution in [0.2, 0.25) is 0 Å². The van der Waals surface area contributed by atoms with E-state index < -0.39 is 5.97 Å². The maximum absolute atomic E-state index is 12.6. The van der Waals surface area contributed by atoms with E-state index in [9.17, 15) is 14.7 Å². The van der Waals surface area contributed by atoms with E-state index in [1.807, 2.05) is 6.07 Å². The quantitative estimate of drug-likeness (QED) is 0.875. The Balaban J connectivity index is 2.37. The molecule has 0 atom stereocenters. The van der Waals surface area contributed by atoms with Crippen molar-refractivity contribution in [1.82, 2.24) is 9.47 Å². The first-order chi connectivity index (χ1) is 10.0. The summed E-state index contributed by atoms with van der Waals surface area (Å²) in [6, 6.07) is 5.25. The van der Waals surface area contributed by atoms with Crippen LogP contribution in [0.3, 0.4) is 0 Å². The van der Waals surface area contributed by atoms with E-state index in [-0.39, 0.29) is 11.5 Å². The van der Waals surface area contributed by atoms with Crippen LogP contribution in [-0.2, 0) is 13.5 Å². The Morgan fingerprint density at radius 3 is 2.71 bits per heavy atom. The highest BCUT2D eigenvalue weighted by Gasteiger charge is 2.27. The minimum Gasteiger partial charge on any atom is -0.478 e. The summed E-state index contributed by atoms with van der Waals surface area (Å²) in [6.07, 6.45) is 2.78. The molecule has 0 fully saturated rings. The van der Waals surface area contributed by atoms with Crippen LogP contribution >= 0.6 is 0 Å². The molecule has 2 aromatic rings. The second-order valence-corrected chi connectivity index (χ2v) is 5.58. The standard InChI is InChI=1S/C16H18N2O3/c1-17-9-4-3-6-11-10-7-5-8-12(16(20)21)13(10)18(2)14(11)15(17)19/h5,7-8H,3-4,6,9H2,1-2H3,(H,20,21). The van der Waals surface area contributed by atoms with Gasteiger partial charge in [-0.25, -0.2) is 4.79 Å². The van der Waals surface area contributed by atoms with Gasteiger partial charge in [-0.3, -0.25) is 4.79 Å². The highest BCUT2D eigenvalue weighted by molar-refractivity contribution is 6.08. The average molecular weight is 286 g/mol. The number of para-hydroxylation sites is 1. The lowest BCUT2D eigenvalue weighted by atomic mass is 10.0. The van der Waals surface area contributed by atoms with Crippen LogP contribution in [0.4, 0.5) is 0 Å². The highest BCUT2D eigenvalue weighted by Crippen LogP contribution is 2.31. The number of carbonyl (C=O) groups excluding carboxylic acids is 1. The number of carbonyl (C=O) groups is 2. The molecule has 1 aliphatic rings. The van der Waals surface area contributed by atoms with Gasteiger partial charge < -0.3 is 14.6 Å². The van der Waals surface area contributed by atoms with E-state index >= 15 is 0 Å². The van der Waals surface area contributed by atoms with Crippen molar-refractivity contribution in [3.63, 3.8) is 0 Å². The second kappa shape index (κ2) is 4.91. The maximum atomic E-state index is 12.6. The van der Waals surface area contributed by atoms with Crippen molar-refractivity contribution < 1.29 is 14.7 Å². The van der Waals surface area contributed by atoms with Gasteiger partial charge in [0.05, 0.1) is 11.1 Å². The number of rotatable bonds is 1. The van der Waals surface area contributed by atoms with E-state index in [1.54, 1.807) is 35.7 Å². The number of fused-ring (bicyclic) bond motifs is 3. The topological polar surface area (TPSA) is 62.5 Å². The zero-order valence-corrected chi connectivity index (χ0v) is 12.2. The Bertz CT molecular complexity index is 746. The Hall–Kier alpha value is -2.30. The molecule has 0 saturated carbocycles. The van der Waals surface area contributed by atoms with Crippen molar-refractivity contribution in [3.8, 4) is 0 Å². The van der Waals surface area contributed by atoms with Crippen LogP contribution < -0.4 is 0 Å². The predicted molar refractivity (Wildman–Crippen MR) is 79.8 cm³/mol. The third-order valence-electron chi connectivity index (χ3n) is 4.27. The average Bonchev–Trinajstić information content (AvgIpc) is 2.73. The number of nitrogens with zero attached hydrogens (tertiary/aromatic N) is 2. The molecule has 2 heterocycles. The summed E-state index contributed by atoms with van der Waals surface area (Å²) in [7, 11) is 3.58. The number of carboxylic acids is 1. The summed E-state index contributed by atoms with van der Waals surface area (Å²) in [5.41, 5.74) is 2.49. The van der Waals surface area contributed by atoms with Crippen LogP contribution in [0.25, 0.3) is 10.9 Å². The molecule has 0 bridgehead atoms. The molecule has 21 heavy (non-hydrogen) atoms. The summed E-state index contributed by atoms with van der Waals surface area (Å²) in [5.74, 6) is -0.991. The van der Waals surface area contributed by atoms with Gasteiger partial charge in [0.2, 0.25) is 0 Å². The number of aromatic carboxylic acids is 1. The third kappa shape index (κ3) is 2.00. The first kappa shape index (κ1) is 13.7. The predicted octanol–water partition coefficient (Wildman–Crippen LogP) is 2.28. The first-order valence-electron chi connectivity index (χ1n) is 7.11. The lowest BCUT2D eigenvalue weighted by Gasteiger charge is -2.21. The Kier molecular flexibility index (Phi) is 3.20. The number of amides is 1. The van der Waals surface area contributed by atoms with Crippen molar-refractivity contribution in [2.45, 2.75) is 19.3 Å². The lowest BCUT2D eigenvalue weighted by molar-refractivity contribution is 0.0696. The monoisotopic (exact) mass is 286 g/mol. The van der Waals surface area contributed by atoms with Crippen molar-refractivity contribution in [1.29, 1.82) is 0 Å². The van der Waals surface area contributed by atoms with Crippen molar-refractivity contribution in [3.05, 3.63) is 35.0 Å². The molecule has 3 rings (SSSR count). The molecule has 1 aromatic heterocycles. The number of hydrogen-bond acceptors (Lipinski definition) is 2. The SMILES string of the molecule is CN1CCCCc2c(n(C)c3c(C(=O)O)cccc23)C1=O. The summed E-state index contributed by atoms with van der Waals surface area (Å²) in [4.78, 5) is 25.8. The zero-order valence-electron chi connectivity index (χ0n) is 12.2. The molecule has 110 valence electrons. The number of aryl methyl sites for hydroxylation is 2. The van der Waals surface area contributed by atoms with Crippen molar-refractivity contribution >= 4 is 22.8 Å². The molecule has 0 spiro atoms. The van der Waals surface area contributed by atoms with Gasteiger partial charge >= 0.3 is 5.97 Å². The normalized spacial score (nSPS) is 15.7. The van der Waals surface area contributed by atoms with Crippen LogP contribution in [0.1, 0.15) is 39.3 Å². The summed E-state index contributed by atoms with van der Waals surface area (Å²) >= 11 is 0. The van der Waals surface area contributed by atoms with Crippen LogP contribution in [0.15, 0.2) is 18.2 Å². The van der Waals surface area contributed by atoms with Gasteiger partial charge in [-0.05, 0) is 30.9 Å². The molecule has 0 aliphatic carbocycles. The van der Waals surface area contributed by atoms with Crippen molar-refractivity contribution in [2.24, 2.45) is 7.05 Å². The molecule has 5 nitrogen and oxygen atoms in total. The van der Waals surface area contributed by atoms with Gasteiger partial charge in [0.25, 0.3) is 5.91 Å². The third-order valence-corrected chi connectivity index (χ3v) is 4.27. The van der Waals surface area contributed by atoms with Gasteiger partial charge in [-0.15, -0.1) is 0 Å². The maximum Gasteiger partial charge on any atom is 0.337 e. The fourth-order valence-corrected chi connectivity index (χ4v) is 3.22. The summed E-state index contributed by atoms with van der Waals surface area (Å²) < 4.78 is 1.75. The molecule has 1 aromatic carbocycles. The Morgan fingerprint density at radius 1 is 1.24 bits per heavy atom. The van der Waals surface area contributed by atoms with E-state index in [1.165, 1.54) is 0 Å². The Labute approximate surface area is 122 Å². The van der Waals surface area contributed by atoms with Crippen LogP contribution in [-0.4, -0.2) is 40.0 Å². The number of hydrogen-bond donors (Lipinski definition) is 1. The van der Waals surface area contributed by atoms with Crippen LogP contribution in [0.5, 0.6) is 0 Å². The fraction of sp³-hybridized carbons (Fsp3) is 0.375. The number of aromatic nitrogens is 1. The Morgan fingerprint density at radius 2 is 2.00 bits per heavy atom. The minimum atomic E-state index is -0.963. The molecule has 0 radical (unpaired) electrons. The molecule has 5 heteroatoms. The van der Waals surface area contributed by atoms with Crippen LogP contribution in [0, 0.1) is 0 Å². The molecule has 1 amide bonds. The molecule has 1 N–H and O–H groups in total. The summed E-state index contributed by atoms with van der Waals surface area (Å²) in [5, 5.41) is 10.3. The van der Waals surface area contributed by atoms with Gasteiger partial charge in [0, 0.05) is 26.0 Å². The van der Waals surface area contributed by atoms with Gasteiger partial charge in [0.1, 0.15) is 5.69 Å². The second-order valence-electron chi connectivity index (χ2n) is 5.58. The molecular weight excluding hydrogens is 268 g/mol. The van der Waals surface area contributed by atoms with E-state index in [4.69, 9.17) is 0 Å². The fourth-order valence-electron chi connectivity index (χ4n) is 3.22.